The highest BCUT2D eigenvalue weighted by molar-refractivity contribution is 9.10. The van der Waals surface area contributed by atoms with Crippen LogP contribution in [-0.4, -0.2) is 18.0 Å². The summed E-state index contributed by atoms with van der Waals surface area (Å²) in [5, 5.41) is 2.86. The van der Waals surface area contributed by atoms with E-state index in [1.807, 2.05) is 25.1 Å². The molecule has 1 N–H and O–H groups in total. The summed E-state index contributed by atoms with van der Waals surface area (Å²) in [6.45, 7) is 1.92. The predicted octanol–water partition coefficient (Wildman–Crippen LogP) is 3.41. The van der Waals surface area contributed by atoms with Crippen LogP contribution in [0.25, 0.3) is 0 Å². The zero-order chi connectivity index (χ0) is 13.8. The number of halogens is 1. The van der Waals surface area contributed by atoms with E-state index in [0.717, 1.165) is 17.0 Å². The Balaban J connectivity index is 2.19. The Morgan fingerprint density at radius 2 is 2.11 bits per heavy atom. The van der Waals surface area contributed by atoms with Crippen LogP contribution in [0.3, 0.4) is 0 Å². The molecule has 0 bridgehead atoms. The maximum Gasteiger partial charge on any atom is 0.255 e. The third kappa shape index (κ3) is 3.32. The topological polar surface area (TPSA) is 51.2 Å². The number of amides is 1. The highest BCUT2D eigenvalue weighted by Crippen LogP contribution is 2.21. The first kappa shape index (κ1) is 13.5. The number of aromatic nitrogens is 1. The monoisotopic (exact) mass is 320 g/mol. The number of pyridine rings is 1. The SMILES string of the molecule is COc1ccc(NC(=O)c2ccnc(Br)c2)c(C)c1. The summed E-state index contributed by atoms with van der Waals surface area (Å²) in [5.41, 5.74) is 2.26. The minimum Gasteiger partial charge on any atom is -0.497 e. The summed E-state index contributed by atoms with van der Waals surface area (Å²) in [6.07, 6.45) is 1.58. The molecular weight excluding hydrogens is 308 g/mol. The van der Waals surface area contributed by atoms with Gasteiger partial charge in [0.25, 0.3) is 5.91 Å². The number of anilines is 1. The molecule has 1 aromatic heterocycles. The third-order valence-corrected chi connectivity index (χ3v) is 3.10. The van der Waals surface area contributed by atoms with Crippen molar-refractivity contribution in [3.63, 3.8) is 0 Å². The second-order valence-electron chi connectivity index (χ2n) is 4.00. The van der Waals surface area contributed by atoms with Gasteiger partial charge in [-0.15, -0.1) is 0 Å². The van der Waals surface area contributed by atoms with E-state index in [0.29, 0.717) is 10.2 Å². The van der Waals surface area contributed by atoms with Crippen LogP contribution >= 0.6 is 15.9 Å². The van der Waals surface area contributed by atoms with Crippen molar-refractivity contribution < 1.29 is 9.53 Å². The molecule has 0 saturated carbocycles. The normalized spacial score (nSPS) is 10.1. The van der Waals surface area contributed by atoms with Crippen LogP contribution in [-0.2, 0) is 0 Å². The van der Waals surface area contributed by atoms with Crippen molar-refractivity contribution in [3.05, 3.63) is 52.3 Å². The summed E-state index contributed by atoms with van der Waals surface area (Å²) in [5.74, 6) is 0.596. The van der Waals surface area contributed by atoms with Gasteiger partial charge in [0.1, 0.15) is 10.4 Å². The maximum absolute atomic E-state index is 12.1. The number of hydrogen-bond acceptors (Lipinski definition) is 3. The predicted molar refractivity (Wildman–Crippen MR) is 77.6 cm³/mol. The Morgan fingerprint density at radius 1 is 1.32 bits per heavy atom. The molecule has 1 aromatic carbocycles. The molecule has 0 unspecified atom stereocenters. The van der Waals surface area contributed by atoms with Crippen LogP contribution < -0.4 is 10.1 Å². The highest BCUT2D eigenvalue weighted by Gasteiger charge is 2.08. The number of methoxy groups -OCH3 is 1. The molecule has 1 amide bonds. The van der Waals surface area contributed by atoms with E-state index in [2.05, 4.69) is 26.2 Å². The molecule has 19 heavy (non-hydrogen) atoms. The Hall–Kier alpha value is -1.88. The van der Waals surface area contributed by atoms with E-state index in [4.69, 9.17) is 4.74 Å². The average Bonchev–Trinajstić information content (AvgIpc) is 2.41. The Morgan fingerprint density at radius 3 is 2.74 bits per heavy atom. The second kappa shape index (κ2) is 5.84. The van der Waals surface area contributed by atoms with Gasteiger partial charge in [0, 0.05) is 17.4 Å². The molecule has 1 heterocycles. The van der Waals surface area contributed by atoms with E-state index in [-0.39, 0.29) is 5.91 Å². The molecule has 98 valence electrons. The molecule has 5 heteroatoms. The van der Waals surface area contributed by atoms with E-state index >= 15 is 0 Å². The molecular formula is C14H13BrN2O2. The highest BCUT2D eigenvalue weighted by atomic mass is 79.9. The fourth-order valence-corrected chi connectivity index (χ4v) is 2.01. The van der Waals surface area contributed by atoms with Crippen LogP contribution in [0.1, 0.15) is 15.9 Å². The zero-order valence-corrected chi connectivity index (χ0v) is 12.2. The van der Waals surface area contributed by atoms with Gasteiger partial charge in [-0.25, -0.2) is 4.98 Å². The summed E-state index contributed by atoms with van der Waals surface area (Å²) in [7, 11) is 1.61. The lowest BCUT2D eigenvalue weighted by molar-refractivity contribution is 0.102. The quantitative estimate of drug-likeness (QED) is 0.882. The molecule has 0 aliphatic carbocycles. The molecule has 4 nitrogen and oxygen atoms in total. The molecule has 0 spiro atoms. The molecule has 0 atom stereocenters. The fourth-order valence-electron chi connectivity index (χ4n) is 1.64. The van der Waals surface area contributed by atoms with Crippen molar-refractivity contribution in [1.29, 1.82) is 0 Å². The van der Waals surface area contributed by atoms with Gasteiger partial charge >= 0.3 is 0 Å². The molecule has 0 saturated heterocycles. The van der Waals surface area contributed by atoms with Crippen molar-refractivity contribution in [2.75, 3.05) is 12.4 Å². The molecule has 0 radical (unpaired) electrons. The van der Waals surface area contributed by atoms with E-state index in [1.54, 1.807) is 25.4 Å². The zero-order valence-electron chi connectivity index (χ0n) is 10.6. The van der Waals surface area contributed by atoms with Crippen molar-refractivity contribution in [2.45, 2.75) is 6.92 Å². The fraction of sp³-hybridized carbons (Fsp3) is 0.143. The summed E-state index contributed by atoms with van der Waals surface area (Å²) in [4.78, 5) is 16.1. The minimum absolute atomic E-state index is 0.170. The van der Waals surface area contributed by atoms with Gasteiger partial charge in [-0.05, 0) is 58.7 Å². The van der Waals surface area contributed by atoms with Crippen LogP contribution in [0, 0.1) is 6.92 Å². The Kier molecular flexibility index (Phi) is 4.16. The van der Waals surface area contributed by atoms with Crippen molar-refractivity contribution in [2.24, 2.45) is 0 Å². The number of nitrogens with zero attached hydrogens (tertiary/aromatic N) is 1. The van der Waals surface area contributed by atoms with Gasteiger partial charge in [-0.3, -0.25) is 4.79 Å². The van der Waals surface area contributed by atoms with Gasteiger partial charge in [0.2, 0.25) is 0 Å². The number of aryl methyl sites for hydroxylation is 1. The minimum atomic E-state index is -0.170. The molecule has 0 aliphatic heterocycles. The van der Waals surface area contributed by atoms with Gasteiger partial charge in [0.15, 0.2) is 0 Å². The second-order valence-corrected chi connectivity index (χ2v) is 4.81. The van der Waals surface area contributed by atoms with Crippen LogP contribution in [0.2, 0.25) is 0 Å². The van der Waals surface area contributed by atoms with Gasteiger partial charge in [-0.2, -0.15) is 0 Å². The van der Waals surface area contributed by atoms with Crippen molar-refractivity contribution in [1.82, 2.24) is 4.98 Å². The average molecular weight is 321 g/mol. The number of ether oxygens (including phenoxy) is 1. The first-order chi connectivity index (χ1) is 9.10. The van der Waals surface area contributed by atoms with Crippen LogP contribution in [0.5, 0.6) is 5.75 Å². The van der Waals surface area contributed by atoms with E-state index in [1.165, 1.54) is 0 Å². The lowest BCUT2D eigenvalue weighted by Crippen LogP contribution is -2.12. The lowest BCUT2D eigenvalue weighted by Gasteiger charge is -2.10. The van der Waals surface area contributed by atoms with Gasteiger partial charge in [-0.1, -0.05) is 0 Å². The first-order valence-electron chi connectivity index (χ1n) is 5.67. The molecule has 2 rings (SSSR count). The largest absolute Gasteiger partial charge is 0.497 e. The Labute approximate surface area is 119 Å². The first-order valence-corrected chi connectivity index (χ1v) is 6.47. The number of carbonyl (C=O) groups excluding carboxylic acids is 1. The van der Waals surface area contributed by atoms with Gasteiger partial charge < -0.3 is 10.1 Å². The summed E-state index contributed by atoms with van der Waals surface area (Å²) < 4.78 is 5.76. The Bertz CT molecular complexity index is 614. The number of carbonyl (C=O) groups is 1. The van der Waals surface area contributed by atoms with Gasteiger partial charge in [0.05, 0.1) is 7.11 Å². The summed E-state index contributed by atoms with van der Waals surface area (Å²) >= 11 is 3.24. The number of hydrogen-bond donors (Lipinski definition) is 1. The molecule has 0 aliphatic rings. The number of nitrogens with one attached hydrogen (secondary N) is 1. The van der Waals surface area contributed by atoms with E-state index in [9.17, 15) is 4.79 Å². The van der Waals surface area contributed by atoms with Crippen molar-refractivity contribution in [3.8, 4) is 5.75 Å². The molecule has 0 fully saturated rings. The third-order valence-electron chi connectivity index (χ3n) is 2.67. The number of benzene rings is 1. The van der Waals surface area contributed by atoms with E-state index < -0.39 is 0 Å². The van der Waals surface area contributed by atoms with Crippen LogP contribution in [0.15, 0.2) is 41.1 Å². The maximum atomic E-state index is 12.1. The standard InChI is InChI=1S/C14H13BrN2O2/c1-9-7-11(19-2)3-4-12(9)17-14(18)10-5-6-16-13(15)8-10/h3-8H,1-2H3,(H,17,18). The summed E-state index contributed by atoms with van der Waals surface area (Å²) in [6, 6.07) is 8.85. The lowest BCUT2D eigenvalue weighted by atomic mass is 10.1. The number of rotatable bonds is 3. The van der Waals surface area contributed by atoms with Crippen molar-refractivity contribution >= 4 is 27.5 Å². The smallest absolute Gasteiger partial charge is 0.255 e. The van der Waals surface area contributed by atoms with Crippen LogP contribution in [0.4, 0.5) is 5.69 Å². The molecule has 2 aromatic rings.